The summed E-state index contributed by atoms with van der Waals surface area (Å²) >= 11 is 0. The largest absolute Gasteiger partial charge is 0.0622 e. The molecule has 204 valence electrons. The molecule has 0 heterocycles. The van der Waals surface area contributed by atoms with E-state index in [0.29, 0.717) is 0 Å². The second-order valence-electron chi connectivity index (χ2n) is 11.7. The van der Waals surface area contributed by atoms with Crippen molar-refractivity contribution in [3.05, 3.63) is 170 Å². The highest BCUT2D eigenvalue weighted by atomic mass is 14.2. The second-order valence-corrected chi connectivity index (χ2v) is 11.7. The molecule has 0 N–H and O–H groups in total. The molecule has 0 aliphatic rings. The van der Waals surface area contributed by atoms with Crippen LogP contribution in [0.5, 0.6) is 0 Å². The smallest absolute Gasteiger partial charge is 0.00262 e. The topological polar surface area (TPSA) is 0 Å². The Hall–Kier alpha value is -5.72. The Morgan fingerprint density at radius 3 is 1.30 bits per heavy atom. The molecule has 9 aromatic carbocycles. The molecule has 0 aliphatic carbocycles. The van der Waals surface area contributed by atoms with Gasteiger partial charge in [-0.15, -0.1) is 0 Å². The van der Waals surface area contributed by atoms with Crippen LogP contribution < -0.4 is 0 Å². The van der Waals surface area contributed by atoms with E-state index in [1.165, 1.54) is 87.2 Å². The highest BCUT2D eigenvalue weighted by molar-refractivity contribution is 6.22. The van der Waals surface area contributed by atoms with Gasteiger partial charge in [-0.1, -0.05) is 152 Å². The maximum Gasteiger partial charge on any atom is -0.00262 e. The summed E-state index contributed by atoms with van der Waals surface area (Å²) < 4.78 is 0. The number of hydrogen-bond acceptors (Lipinski definition) is 0. The summed E-state index contributed by atoms with van der Waals surface area (Å²) in [5.74, 6) is 0. The number of rotatable bonds is 3. The Bertz CT molecular complexity index is 2480. The van der Waals surface area contributed by atoms with E-state index in [2.05, 4.69) is 170 Å². The first-order valence-corrected chi connectivity index (χ1v) is 15.3. The monoisotopic (exact) mass is 556 g/mol. The Labute approximate surface area is 256 Å². The molecule has 0 saturated carbocycles. The standard InChI is InChI=1S/C44H28/c1-2-10-29(11-3-1)32-21-18-30-19-23-34(28-36(30)26-32)43-39-14-6-8-16-41(39)44(42-17-9-7-15-40(42)43)35-24-25-38-33(27-35)22-20-31-12-4-5-13-37(31)38/h1-28H. The Morgan fingerprint density at radius 1 is 0.205 bits per heavy atom. The number of fused-ring (bicyclic) bond motifs is 6. The van der Waals surface area contributed by atoms with Crippen LogP contribution in [-0.4, -0.2) is 0 Å². The highest BCUT2D eigenvalue weighted by Gasteiger charge is 2.17. The van der Waals surface area contributed by atoms with E-state index in [0.717, 1.165) is 0 Å². The van der Waals surface area contributed by atoms with Gasteiger partial charge >= 0.3 is 0 Å². The van der Waals surface area contributed by atoms with Crippen LogP contribution in [0, 0.1) is 0 Å². The molecule has 0 aliphatic heterocycles. The minimum Gasteiger partial charge on any atom is -0.0622 e. The van der Waals surface area contributed by atoms with Crippen molar-refractivity contribution < 1.29 is 0 Å². The van der Waals surface area contributed by atoms with E-state index in [1.807, 2.05) is 0 Å². The molecule has 0 spiro atoms. The van der Waals surface area contributed by atoms with Gasteiger partial charge in [0.2, 0.25) is 0 Å². The zero-order valence-electron chi connectivity index (χ0n) is 24.2. The molecule has 0 atom stereocenters. The van der Waals surface area contributed by atoms with Gasteiger partial charge in [-0.05, 0) is 105 Å². The Morgan fingerprint density at radius 2 is 0.636 bits per heavy atom. The minimum atomic E-state index is 1.24. The predicted octanol–water partition coefficient (Wildman–Crippen LogP) is 12.5. The van der Waals surface area contributed by atoms with Crippen molar-refractivity contribution >= 4 is 53.9 Å². The highest BCUT2D eigenvalue weighted by Crippen LogP contribution is 2.45. The number of hydrogen-bond donors (Lipinski definition) is 0. The summed E-state index contributed by atoms with van der Waals surface area (Å²) in [7, 11) is 0. The average Bonchev–Trinajstić information content (AvgIpc) is 3.10. The third-order valence-corrected chi connectivity index (χ3v) is 9.20. The van der Waals surface area contributed by atoms with Gasteiger partial charge in [-0.25, -0.2) is 0 Å². The van der Waals surface area contributed by atoms with Crippen molar-refractivity contribution in [3.63, 3.8) is 0 Å². The molecular weight excluding hydrogens is 528 g/mol. The summed E-state index contributed by atoms with van der Waals surface area (Å²) in [4.78, 5) is 0. The molecule has 9 aromatic rings. The zero-order chi connectivity index (χ0) is 29.0. The first kappa shape index (κ1) is 24.8. The SMILES string of the molecule is c1ccc(-c2ccc3ccc(-c4c5ccccc5c(-c5ccc6c(ccc7ccccc76)c5)c5ccccc45)cc3c2)cc1. The van der Waals surface area contributed by atoms with E-state index in [1.54, 1.807) is 0 Å². The molecule has 0 saturated heterocycles. The van der Waals surface area contributed by atoms with Crippen molar-refractivity contribution in [3.8, 4) is 33.4 Å². The molecule has 0 amide bonds. The molecule has 44 heavy (non-hydrogen) atoms. The van der Waals surface area contributed by atoms with Gasteiger partial charge in [0, 0.05) is 0 Å². The minimum absolute atomic E-state index is 1.24. The van der Waals surface area contributed by atoms with Gasteiger partial charge in [0.15, 0.2) is 0 Å². The van der Waals surface area contributed by atoms with Crippen molar-refractivity contribution in [1.29, 1.82) is 0 Å². The van der Waals surface area contributed by atoms with Crippen LogP contribution in [0.1, 0.15) is 0 Å². The van der Waals surface area contributed by atoms with Gasteiger partial charge in [0.25, 0.3) is 0 Å². The molecule has 0 unspecified atom stereocenters. The Balaban J connectivity index is 1.30. The third-order valence-electron chi connectivity index (χ3n) is 9.20. The lowest BCUT2D eigenvalue weighted by Gasteiger charge is -2.18. The second kappa shape index (κ2) is 9.93. The van der Waals surface area contributed by atoms with Crippen LogP contribution in [0.25, 0.3) is 87.2 Å². The summed E-state index contributed by atoms with van der Waals surface area (Å²) in [6.07, 6.45) is 0. The van der Waals surface area contributed by atoms with Crippen molar-refractivity contribution in [2.75, 3.05) is 0 Å². The Kier molecular flexibility index (Phi) is 5.61. The van der Waals surface area contributed by atoms with E-state index < -0.39 is 0 Å². The normalized spacial score (nSPS) is 11.6. The first-order chi connectivity index (χ1) is 21.8. The van der Waals surface area contributed by atoms with Gasteiger partial charge in [-0.2, -0.15) is 0 Å². The van der Waals surface area contributed by atoms with Gasteiger partial charge in [-0.3, -0.25) is 0 Å². The fourth-order valence-corrected chi connectivity index (χ4v) is 7.13. The van der Waals surface area contributed by atoms with Crippen LogP contribution in [0.3, 0.4) is 0 Å². The van der Waals surface area contributed by atoms with Gasteiger partial charge in [0.1, 0.15) is 0 Å². The molecule has 0 nitrogen and oxygen atoms in total. The van der Waals surface area contributed by atoms with E-state index in [9.17, 15) is 0 Å². The van der Waals surface area contributed by atoms with Gasteiger partial charge < -0.3 is 0 Å². The first-order valence-electron chi connectivity index (χ1n) is 15.3. The van der Waals surface area contributed by atoms with Crippen LogP contribution in [-0.2, 0) is 0 Å². The molecule has 0 bridgehead atoms. The van der Waals surface area contributed by atoms with Gasteiger partial charge in [0.05, 0.1) is 0 Å². The summed E-state index contributed by atoms with van der Waals surface area (Å²) in [5.41, 5.74) is 7.55. The van der Waals surface area contributed by atoms with E-state index >= 15 is 0 Å². The average molecular weight is 557 g/mol. The summed E-state index contributed by atoms with van der Waals surface area (Å²) in [6.45, 7) is 0. The van der Waals surface area contributed by atoms with Crippen molar-refractivity contribution in [2.24, 2.45) is 0 Å². The van der Waals surface area contributed by atoms with E-state index in [4.69, 9.17) is 0 Å². The fourth-order valence-electron chi connectivity index (χ4n) is 7.13. The summed E-state index contributed by atoms with van der Waals surface area (Å²) in [5, 5.41) is 12.7. The molecule has 0 aromatic heterocycles. The lowest BCUT2D eigenvalue weighted by atomic mass is 9.85. The zero-order valence-corrected chi connectivity index (χ0v) is 24.2. The number of benzene rings is 9. The van der Waals surface area contributed by atoms with Crippen LogP contribution in [0.2, 0.25) is 0 Å². The van der Waals surface area contributed by atoms with Crippen LogP contribution in [0.15, 0.2) is 170 Å². The van der Waals surface area contributed by atoms with Crippen LogP contribution in [0.4, 0.5) is 0 Å². The predicted molar refractivity (Wildman–Crippen MR) is 190 cm³/mol. The lowest BCUT2D eigenvalue weighted by molar-refractivity contribution is 1.64. The molecule has 9 rings (SSSR count). The molecule has 0 radical (unpaired) electrons. The molecule has 0 fully saturated rings. The van der Waals surface area contributed by atoms with Crippen LogP contribution >= 0.6 is 0 Å². The molecule has 0 heteroatoms. The lowest BCUT2D eigenvalue weighted by Crippen LogP contribution is -1.91. The fraction of sp³-hybridized carbons (Fsp3) is 0. The molecular formula is C44H28. The van der Waals surface area contributed by atoms with Crippen molar-refractivity contribution in [1.82, 2.24) is 0 Å². The maximum absolute atomic E-state index is 2.37. The maximum atomic E-state index is 2.37. The quantitative estimate of drug-likeness (QED) is 0.150. The van der Waals surface area contributed by atoms with E-state index in [-0.39, 0.29) is 0 Å². The third kappa shape index (κ3) is 3.92. The van der Waals surface area contributed by atoms with Crippen molar-refractivity contribution in [2.45, 2.75) is 0 Å². The summed E-state index contributed by atoms with van der Waals surface area (Å²) in [6, 6.07) is 62.4.